The van der Waals surface area contributed by atoms with E-state index in [2.05, 4.69) is 17.6 Å². The number of amides is 4. The molecule has 1 heterocycles. The molecular weight excluding hydrogens is 424 g/mol. The zero-order valence-corrected chi connectivity index (χ0v) is 20.9. The van der Waals surface area contributed by atoms with Crippen LogP contribution in [0.1, 0.15) is 59.8 Å². The Morgan fingerprint density at radius 2 is 1.91 bits per heavy atom. The number of hydrogen-bond acceptors (Lipinski definition) is 5. The molecule has 0 aromatic heterocycles. The third kappa shape index (κ3) is 9.53. The van der Waals surface area contributed by atoms with Gasteiger partial charge in [0.25, 0.3) is 0 Å². The number of hydrogen-bond donors (Lipinski definition) is 2. The molecule has 9 heteroatoms. The maximum absolute atomic E-state index is 13.2. The molecule has 0 spiro atoms. The Bertz CT molecular complexity index is 680. The van der Waals surface area contributed by atoms with Crippen molar-refractivity contribution in [2.24, 2.45) is 5.92 Å². The minimum atomic E-state index is -0.476. The van der Waals surface area contributed by atoms with Crippen LogP contribution >= 0.6 is 0 Å². The average molecular weight is 467 g/mol. The quantitative estimate of drug-likeness (QED) is 0.216. The fourth-order valence-electron chi connectivity index (χ4n) is 3.86. The molecule has 2 N–H and O–H groups in total. The van der Waals surface area contributed by atoms with E-state index in [0.717, 1.165) is 32.3 Å². The lowest BCUT2D eigenvalue weighted by Crippen LogP contribution is -2.47. The Kier molecular flexibility index (Phi) is 13.4. The summed E-state index contributed by atoms with van der Waals surface area (Å²) in [5.41, 5.74) is 0.501. The summed E-state index contributed by atoms with van der Waals surface area (Å²) in [5.74, 6) is -0.493. The van der Waals surface area contributed by atoms with Gasteiger partial charge in [0.15, 0.2) is 0 Å². The van der Waals surface area contributed by atoms with Gasteiger partial charge < -0.3 is 25.2 Å². The number of likely N-dealkylation sites (tertiary alicyclic amines) is 1. The number of carbonyl (C=O) groups is 4. The Morgan fingerprint density at radius 1 is 1.21 bits per heavy atom. The molecule has 1 saturated heterocycles. The van der Waals surface area contributed by atoms with Gasteiger partial charge in [0, 0.05) is 38.9 Å². The first-order valence-corrected chi connectivity index (χ1v) is 12.0. The Labute approximate surface area is 198 Å². The molecule has 1 fully saturated rings. The third-order valence-electron chi connectivity index (χ3n) is 5.84. The lowest BCUT2D eigenvalue weighted by Gasteiger charge is -2.30. The molecule has 0 bridgehead atoms. The fraction of sp³-hybridized carbons (Fsp3) is 0.750. The number of carbonyl (C=O) groups excluding carboxylic acids is 4. The number of nitrogens with one attached hydrogen (secondary N) is 2. The number of likely N-dealkylation sites (N-methyl/N-ethyl adjacent to an activating group) is 1. The van der Waals surface area contributed by atoms with E-state index in [0.29, 0.717) is 38.1 Å². The first kappa shape index (κ1) is 28.6. The van der Waals surface area contributed by atoms with Crippen molar-refractivity contribution in [1.29, 1.82) is 0 Å². The van der Waals surface area contributed by atoms with Crippen molar-refractivity contribution in [3.05, 3.63) is 11.6 Å². The van der Waals surface area contributed by atoms with Crippen molar-refractivity contribution in [3.8, 4) is 0 Å². The SMILES string of the molecule is CCCCOCCCNC(=O)[C@@H]1CCCN1C(=O)C(C)=CC(C(C)C)N(C)C(=O)CNC=O. The topological polar surface area (TPSA) is 108 Å². The lowest BCUT2D eigenvalue weighted by atomic mass is 9.99. The number of rotatable bonds is 15. The highest BCUT2D eigenvalue weighted by molar-refractivity contribution is 5.97. The molecular formula is C24H42N4O5. The van der Waals surface area contributed by atoms with Crippen molar-refractivity contribution in [3.63, 3.8) is 0 Å². The highest BCUT2D eigenvalue weighted by atomic mass is 16.5. The molecule has 4 amide bonds. The molecule has 33 heavy (non-hydrogen) atoms. The summed E-state index contributed by atoms with van der Waals surface area (Å²) < 4.78 is 5.51. The summed E-state index contributed by atoms with van der Waals surface area (Å²) in [6.07, 6.45) is 6.56. The number of nitrogens with zero attached hydrogens (tertiary/aromatic N) is 2. The summed E-state index contributed by atoms with van der Waals surface area (Å²) >= 11 is 0. The first-order valence-electron chi connectivity index (χ1n) is 12.0. The molecule has 1 rings (SSSR count). The van der Waals surface area contributed by atoms with Crippen LogP contribution in [0.3, 0.4) is 0 Å². The molecule has 0 aromatic rings. The molecule has 188 valence electrons. The Morgan fingerprint density at radius 3 is 2.55 bits per heavy atom. The molecule has 0 radical (unpaired) electrons. The van der Waals surface area contributed by atoms with Crippen molar-refractivity contribution in [1.82, 2.24) is 20.4 Å². The standard InChI is InChI=1S/C24H42N4O5/c1-6-7-13-33-14-9-11-26-23(31)20-10-8-12-28(20)24(32)19(4)15-21(18(2)3)27(5)22(30)16-25-17-29/h15,17-18,20-21H,6-14,16H2,1-5H3,(H,25,29)(H,26,31)/t20-,21?/m0/s1. The van der Waals surface area contributed by atoms with Gasteiger partial charge in [-0.15, -0.1) is 0 Å². The van der Waals surface area contributed by atoms with E-state index in [1.807, 2.05) is 13.8 Å². The molecule has 0 aromatic carbocycles. The zero-order chi connectivity index (χ0) is 24.8. The van der Waals surface area contributed by atoms with Crippen LogP contribution in [0, 0.1) is 5.92 Å². The average Bonchev–Trinajstić information content (AvgIpc) is 3.28. The second-order valence-electron chi connectivity index (χ2n) is 8.85. The van der Waals surface area contributed by atoms with Crippen LogP contribution in [-0.2, 0) is 23.9 Å². The second kappa shape index (κ2) is 15.4. The predicted molar refractivity (Wildman–Crippen MR) is 127 cm³/mol. The molecule has 1 aliphatic rings. The van der Waals surface area contributed by atoms with Crippen molar-refractivity contribution < 1.29 is 23.9 Å². The van der Waals surface area contributed by atoms with Gasteiger partial charge in [0.2, 0.25) is 24.1 Å². The number of ether oxygens (including phenoxy) is 1. The van der Waals surface area contributed by atoms with Gasteiger partial charge in [0.05, 0.1) is 12.6 Å². The normalized spacial score (nSPS) is 17.1. The summed E-state index contributed by atoms with van der Waals surface area (Å²) in [4.78, 5) is 51.8. The van der Waals surface area contributed by atoms with Gasteiger partial charge >= 0.3 is 0 Å². The van der Waals surface area contributed by atoms with Crippen LogP contribution in [0.4, 0.5) is 0 Å². The van der Waals surface area contributed by atoms with Gasteiger partial charge in [0.1, 0.15) is 6.04 Å². The Hall–Kier alpha value is -2.42. The van der Waals surface area contributed by atoms with Crippen LogP contribution in [-0.4, -0.2) is 85.9 Å². The van der Waals surface area contributed by atoms with E-state index in [1.165, 1.54) is 4.90 Å². The van der Waals surface area contributed by atoms with Gasteiger partial charge in [-0.3, -0.25) is 19.2 Å². The van der Waals surface area contributed by atoms with Gasteiger partial charge in [-0.2, -0.15) is 0 Å². The number of unbranched alkanes of at least 4 members (excludes halogenated alkanes) is 1. The predicted octanol–water partition coefficient (Wildman–Crippen LogP) is 1.48. The van der Waals surface area contributed by atoms with Gasteiger partial charge in [-0.1, -0.05) is 33.3 Å². The molecule has 0 aliphatic carbocycles. The van der Waals surface area contributed by atoms with Gasteiger partial charge in [-0.25, -0.2) is 0 Å². The van der Waals surface area contributed by atoms with Crippen molar-refractivity contribution in [2.45, 2.75) is 71.9 Å². The van der Waals surface area contributed by atoms with Gasteiger partial charge in [-0.05, 0) is 38.5 Å². The minimum absolute atomic E-state index is 0.0650. The summed E-state index contributed by atoms with van der Waals surface area (Å²) in [7, 11) is 1.66. The molecule has 2 atom stereocenters. The summed E-state index contributed by atoms with van der Waals surface area (Å²) in [6.45, 7) is 10.1. The van der Waals surface area contributed by atoms with Crippen molar-refractivity contribution >= 4 is 24.1 Å². The lowest BCUT2D eigenvalue weighted by molar-refractivity contribution is -0.135. The van der Waals surface area contributed by atoms with E-state index in [1.54, 1.807) is 24.9 Å². The third-order valence-corrected chi connectivity index (χ3v) is 5.84. The molecule has 1 unspecified atom stereocenters. The molecule has 1 aliphatic heterocycles. The summed E-state index contributed by atoms with van der Waals surface area (Å²) in [6, 6.07) is -0.784. The van der Waals surface area contributed by atoms with Crippen LogP contribution in [0.5, 0.6) is 0 Å². The van der Waals surface area contributed by atoms with E-state index in [4.69, 9.17) is 4.74 Å². The van der Waals surface area contributed by atoms with E-state index in [9.17, 15) is 19.2 Å². The minimum Gasteiger partial charge on any atom is -0.381 e. The second-order valence-corrected chi connectivity index (χ2v) is 8.85. The fourth-order valence-corrected chi connectivity index (χ4v) is 3.86. The Balaban J connectivity index is 2.70. The highest BCUT2D eigenvalue weighted by Crippen LogP contribution is 2.21. The van der Waals surface area contributed by atoms with Crippen LogP contribution in [0.15, 0.2) is 11.6 Å². The highest BCUT2D eigenvalue weighted by Gasteiger charge is 2.34. The zero-order valence-electron chi connectivity index (χ0n) is 20.9. The first-order chi connectivity index (χ1) is 15.7. The smallest absolute Gasteiger partial charge is 0.249 e. The maximum Gasteiger partial charge on any atom is 0.249 e. The maximum atomic E-state index is 13.2. The largest absolute Gasteiger partial charge is 0.381 e. The molecule has 9 nitrogen and oxygen atoms in total. The van der Waals surface area contributed by atoms with Crippen LogP contribution in [0.2, 0.25) is 0 Å². The van der Waals surface area contributed by atoms with Crippen LogP contribution in [0.25, 0.3) is 0 Å². The van der Waals surface area contributed by atoms with Crippen LogP contribution < -0.4 is 10.6 Å². The van der Waals surface area contributed by atoms with Crippen molar-refractivity contribution in [2.75, 3.05) is 39.9 Å². The van der Waals surface area contributed by atoms with E-state index < -0.39 is 6.04 Å². The van der Waals surface area contributed by atoms with E-state index >= 15 is 0 Å². The summed E-state index contributed by atoms with van der Waals surface area (Å²) in [5, 5.41) is 5.31. The molecule has 0 saturated carbocycles. The monoisotopic (exact) mass is 466 g/mol. The van der Waals surface area contributed by atoms with E-state index in [-0.39, 0.29) is 36.2 Å².